The smallest absolute Gasteiger partial charge is 0.150 e. The van der Waals surface area contributed by atoms with Gasteiger partial charge in [-0.3, -0.25) is 0 Å². The van der Waals surface area contributed by atoms with Gasteiger partial charge >= 0.3 is 0 Å². The quantitative estimate of drug-likeness (QED) is 0.629. The van der Waals surface area contributed by atoms with E-state index in [1.54, 1.807) is 28.9 Å². The molecule has 3 aromatic rings. The van der Waals surface area contributed by atoms with Gasteiger partial charge in [0.25, 0.3) is 0 Å². The molecule has 2 aromatic heterocycles. The van der Waals surface area contributed by atoms with Crippen molar-refractivity contribution in [2.75, 3.05) is 0 Å². The normalized spacial score (nSPS) is 11.1. The summed E-state index contributed by atoms with van der Waals surface area (Å²) in [7, 11) is 0. The van der Waals surface area contributed by atoms with Gasteiger partial charge in [-0.05, 0) is 34.8 Å². The van der Waals surface area contributed by atoms with Gasteiger partial charge in [0.1, 0.15) is 17.2 Å². The number of benzene rings is 1. The largest absolute Gasteiger partial charge is 0.506 e. The van der Waals surface area contributed by atoms with Crippen molar-refractivity contribution in [3.63, 3.8) is 0 Å². The SMILES string of the molecule is O=Nc1cc2c(ccn3ccc(O)c23)cc1O. The summed E-state index contributed by atoms with van der Waals surface area (Å²) >= 11 is 0. The Balaban J connectivity index is 2.56. The number of pyridine rings is 1. The minimum absolute atomic E-state index is 0.0359. The third kappa shape index (κ3) is 1.25. The number of hydrogen-bond donors (Lipinski definition) is 2. The van der Waals surface area contributed by atoms with Gasteiger partial charge in [-0.15, -0.1) is 4.91 Å². The van der Waals surface area contributed by atoms with Crippen molar-refractivity contribution in [2.24, 2.45) is 5.18 Å². The van der Waals surface area contributed by atoms with Crippen LogP contribution >= 0.6 is 0 Å². The lowest BCUT2D eigenvalue weighted by atomic mass is 10.1. The molecular formula is C12H8N2O3. The fourth-order valence-electron chi connectivity index (χ4n) is 2.01. The molecule has 0 saturated heterocycles. The van der Waals surface area contributed by atoms with Crippen LogP contribution in [0.4, 0.5) is 5.69 Å². The van der Waals surface area contributed by atoms with Gasteiger partial charge in [-0.2, -0.15) is 0 Å². The highest BCUT2D eigenvalue weighted by atomic mass is 16.3. The van der Waals surface area contributed by atoms with Crippen LogP contribution in [0.15, 0.2) is 41.8 Å². The van der Waals surface area contributed by atoms with E-state index in [0.29, 0.717) is 10.9 Å². The molecule has 3 rings (SSSR count). The van der Waals surface area contributed by atoms with Crippen molar-refractivity contribution < 1.29 is 10.2 Å². The summed E-state index contributed by atoms with van der Waals surface area (Å²) in [6, 6.07) is 6.27. The van der Waals surface area contributed by atoms with Gasteiger partial charge in [0, 0.05) is 17.8 Å². The van der Waals surface area contributed by atoms with Gasteiger partial charge in [0.05, 0.1) is 5.52 Å². The molecule has 2 N–H and O–H groups in total. The first-order valence-corrected chi connectivity index (χ1v) is 4.99. The number of fused-ring (bicyclic) bond motifs is 3. The van der Waals surface area contributed by atoms with Crippen molar-refractivity contribution in [3.8, 4) is 11.5 Å². The highest BCUT2D eigenvalue weighted by molar-refractivity contribution is 6.01. The van der Waals surface area contributed by atoms with E-state index in [4.69, 9.17) is 0 Å². The van der Waals surface area contributed by atoms with Crippen LogP contribution in [0, 0.1) is 4.91 Å². The molecule has 84 valence electrons. The Hall–Kier alpha value is -2.56. The molecule has 0 atom stereocenters. The zero-order chi connectivity index (χ0) is 12.0. The molecule has 1 aromatic carbocycles. The first-order valence-electron chi connectivity index (χ1n) is 4.99. The van der Waals surface area contributed by atoms with Gasteiger partial charge in [0.2, 0.25) is 0 Å². The molecule has 0 fully saturated rings. The van der Waals surface area contributed by atoms with E-state index in [2.05, 4.69) is 5.18 Å². The summed E-state index contributed by atoms with van der Waals surface area (Å²) in [5.74, 6) is -0.0407. The van der Waals surface area contributed by atoms with Crippen LogP contribution in [0.1, 0.15) is 0 Å². The summed E-state index contributed by atoms with van der Waals surface area (Å²) in [4.78, 5) is 10.6. The molecule has 0 spiro atoms. The predicted molar refractivity (Wildman–Crippen MR) is 63.7 cm³/mol. The van der Waals surface area contributed by atoms with Crippen LogP contribution in [0.25, 0.3) is 16.3 Å². The number of aromatic hydroxyl groups is 2. The molecule has 0 saturated carbocycles. The fourth-order valence-corrected chi connectivity index (χ4v) is 2.01. The second kappa shape index (κ2) is 3.21. The number of hydrogen-bond acceptors (Lipinski definition) is 4. The minimum Gasteiger partial charge on any atom is -0.506 e. The third-order valence-electron chi connectivity index (χ3n) is 2.81. The summed E-state index contributed by atoms with van der Waals surface area (Å²) < 4.78 is 1.74. The van der Waals surface area contributed by atoms with Gasteiger partial charge in [-0.1, -0.05) is 0 Å². The van der Waals surface area contributed by atoms with E-state index in [-0.39, 0.29) is 17.2 Å². The van der Waals surface area contributed by atoms with E-state index in [1.807, 2.05) is 0 Å². The number of phenolic OH excluding ortho intramolecular Hbond substituents is 1. The van der Waals surface area contributed by atoms with Crippen molar-refractivity contribution in [3.05, 3.63) is 41.6 Å². The lowest BCUT2D eigenvalue weighted by molar-refractivity contribution is 0.477. The predicted octanol–water partition coefficient (Wildman–Crippen LogP) is 2.90. The van der Waals surface area contributed by atoms with Crippen LogP contribution in [-0.4, -0.2) is 14.6 Å². The number of nitroso groups, excluding NO2 is 1. The molecule has 5 nitrogen and oxygen atoms in total. The van der Waals surface area contributed by atoms with Crippen LogP contribution in [-0.2, 0) is 0 Å². The zero-order valence-electron chi connectivity index (χ0n) is 8.66. The van der Waals surface area contributed by atoms with Crippen LogP contribution in [0.3, 0.4) is 0 Å². The Bertz CT molecular complexity index is 746. The maximum absolute atomic E-state index is 10.6. The monoisotopic (exact) mass is 228 g/mol. The van der Waals surface area contributed by atoms with Crippen LogP contribution in [0.2, 0.25) is 0 Å². The zero-order valence-corrected chi connectivity index (χ0v) is 8.66. The highest BCUT2D eigenvalue weighted by Gasteiger charge is 2.10. The van der Waals surface area contributed by atoms with Crippen LogP contribution in [0.5, 0.6) is 11.5 Å². The minimum atomic E-state index is -0.164. The first kappa shape index (κ1) is 9.65. The number of rotatable bonds is 1. The molecule has 0 aliphatic carbocycles. The Morgan fingerprint density at radius 3 is 2.59 bits per heavy atom. The molecule has 0 amide bonds. The van der Waals surface area contributed by atoms with Crippen molar-refractivity contribution in [1.29, 1.82) is 0 Å². The van der Waals surface area contributed by atoms with Crippen molar-refractivity contribution in [1.82, 2.24) is 4.40 Å². The maximum atomic E-state index is 10.6. The molecule has 17 heavy (non-hydrogen) atoms. The van der Waals surface area contributed by atoms with E-state index in [1.165, 1.54) is 12.1 Å². The number of aromatic nitrogens is 1. The second-order valence-corrected chi connectivity index (χ2v) is 3.79. The fraction of sp³-hybridized carbons (Fsp3) is 0. The average Bonchev–Trinajstić information content (AvgIpc) is 2.70. The van der Waals surface area contributed by atoms with E-state index >= 15 is 0 Å². The highest BCUT2D eigenvalue weighted by Crippen LogP contribution is 2.35. The molecule has 0 aliphatic rings. The lowest BCUT2D eigenvalue weighted by Crippen LogP contribution is -1.83. The number of nitrogens with zero attached hydrogens (tertiary/aromatic N) is 2. The summed E-state index contributed by atoms with van der Waals surface area (Å²) in [5.41, 5.74) is 0.554. The van der Waals surface area contributed by atoms with E-state index in [9.17, 15) is 15.1 Å². The average molecular weight is 228 g/mol. The molecular weight excluding hydrogens is 220 g/mol. The second-order valence-electron chi connectivity index (χ2n) is 3.79. The van der Waals surface area contributed by atoms with E-state index in [0.717, 1.165) is 5.39 Å². The molecule has 5 heteroatoms. The summed E-state index contributed by atoms with van der Waals surface area (Å²) in [5, 5.41) is 23.4. The third-order valence-corrected chi connectivity index (χ3v) is 2.81. The van der Waals surface area contributed by atoms with Crippen molar-refractivity contribution >= 4 is 22.0 Å². The van der Waals surface area contributed by atoms with Crippen LogP contribution < -0.4 is 0 Å². The summed E-state index contributed by atoms with van der Waals surface area (Å²) in [6.45, 7) is 0. The van der Waals surface area contributed by atoms with Gasteiger partial charge < -0.3 is 14.6 Å². The van der Waals surface area contributed by atoms with Crippen molar-refractivity contribution in [2.45, 2.75) is 0 Å². The molecule has 2 heterocycles. The van der Waals surface area contributed by atoms with Gasteiger partial charge in [-0.25, -0.2) is 0 Å². The Morgan fingerprint density at radius 2 is 1.82 bits per heavy atom. The van der Waals surface area contributed by atoms with Gasteiger partial charge in [0.15, 0.2) is 0 Å². The molecule has 0 bridgehead atoms. The Labute approximate surface area is 95.5 Å². The molecule has 0 radical (unpaired) electrons. The molecule has 0 aliphatic heterocycles. The first-order chi connectivity index (χ1) is 8.20. The lowest BCUT2D eigenvalue weighted by Gasteiger charge is -2.04. The topological polar surface area (TPSA) is 74.3 Å². The summed E-state index contributed by atoms with van der Waals surface area (Å²) in [6.07, 6.45) is 3.48. The number of phenols is 1. The Kier molecular flexibility index (Phi) is 1.82. The molecule has 0 unspecified atom stereocenters. The standard InChI is InChI=1S/C12H8N2O3/c15-10-2-4-14-3-1-7-5-11(16)9(13-17)6-8(7)12(10)14/h1-6,15-16H. The van der Waals surface area contributed by atoms with E-state index < -0.39 is 0 Å². The Morgan fingerprint density at radius 1 is 1.06 bits per heavy atom. The maximum Gasteiger partial charge on any atom is 0.150 e.